The Bertz CT molecular complexity index is 504. The Kier molecular flexibility index (Phi) is 3.33. The Balaban J connectivity index is 1.89. The van der Waals surface area contributed by atoms with Gasteiger partial charge in [-0.25, -0.2) is 9.97 Å². The smallest absolute Gasteiger partial charge is 0.159 e. The van der Waals surface area contributed by atoms with Crippen LogP contribution >= 0.6 is 0 Å². The number of benzene rings is 1. The molecule has 1 aromatic carbocycles. The molecule has 0 atom stereocenters. The van der Waals surface area contributed by atoms with Crippen LogP contribution in [-0.4, -0.2) is 23.1 Å². The molecule has 0 bridgehead atoms. The van der Waals surface area contributed by atoms with Gasteiger partial charge in [0.15, 0.2) is 5.82 Å². The summed E-state index contributed by atoms with van der Waals surface area (Å²) in [6, 6.07) is 10.5. The molecule has 92 valence electrons. The zero-order valence-electron chi connectivity index (χ0n) is 10.3. The maximum Gasteiger partial charge on any atom is 0.159 e. The molecule has 0 aliphatic carbocycles. The van der Waals surface area contributed by atoms with Crippen molar-refractivity contribution in [2.75, 3.05) is 13.1 Å². The molecule has 2 heterocycles. The molecular formula is C15H17N3. The van der Waals surface area contributed by atoms with E-state index in [-0.39, 0.29) is 0 Å². The fourth-order valence-electron chi connectivity index (χ4n) is 2.54. The molecule has 0 unspecified atom stereocenters. The maximum atomic E-state index is 4.31. The summed E-state index contributed by atoms with van der Waals surface area (Å²) in [6.07, 6.45) is 6.03. The van der Waals surface area contributed by atoms with E-state index < -0.39 is 0 Å². The van der Waals surface area contributed by atoms with Crippen molar-refractivity contribution in [2.24, 2.45) is 0 Å². The lowest BCUT2D eigenvalue weighted by Crippen LogP contribution is -2.26. The Morgan fingerprint density at radius 3 is 2.56 bits per heavy atom. The van der Waals surface area contributed by atoms with Crippen LogP contribution in [0.25, 0.3) is 11.4 Å². The lowest BCUT2D eigenvalue weighted by molar-refractivity contribution is 0.460. The molecule has 0 amide bonds. The van der Waals surface area contributed by atoms with E-state index in [4.69, 9.17) is 0 Å². The van der Waals surface area contributed by atoms with Crippen LogP contribution < -0.4 is 5.32 Å². The van der Waals surface area contributed by atoms with Crippen LogP contribution in [0.1, 0.15) is 24.3 Å². The van der Waals surface area contributed by atoms with E-state index in [1.54, 1.807) is 12.4 Å². The quantitative estimate of drug-likeness (QED) is 0.875. The summed E-state index contributed by atoms with van der Waals surface area (Å²) >= 11 is 0. The van der Waals surface area contributed by atoms with Crippen LogP contribution in [0.5, 0.6) is 0 Å². The van der Waals surface area contributed by atoms with Gasteiger partial charge in [0.05, 0.1) is 0 Å². The fraction of sp³-hybridized carbons (Fsp3) is 0.333. The van der Waals surface area contributed by atoms with Gasteiger partial charge in [-0.15, -0.1) is 0 Å². The summed E-state index contributed by atoms with van der Waals surface area (Å²) in [5.41, 5.74) is 2.54. The Morgan fingerprint density at radius 2 is 1.78 bits per heavy atom. The Labute approximate surface area is 107 Å². The second kappa shape index (κ2) is 5.27. The van der Waals surface area contributed by atoms with Crippen LogP contribution in [0.15, 0.2) is 42.7 Å². The number of rotatable bonds is 2. The predicted molar refractivity (Wildman–Crippen MR) is 72.3 cm³/mol. The molecule has 1 aliphatic rings. The van der Waals surface area contributed by atoms with E-state index in [9.17, 15) is 0 Å². The minimum Gasteiger partial charge on any atom is -0.317 e. The van der Waals surface area contributed by atoms with Crippen LogP contribution in [0.4, 0.5) is 0 Å². The molecule has 0 radical (unpaired) electrons. The first-order valence-corrected chi connectivity index (χ1v) is 6.51. The lowest BCUT2D eigenvalue weighted by atomic mass is 9.89. The van der Waals surface area contributed by atoms with Crippen LogP contribution in [-0.2, 0) is 0 Å². The number of aromatic nitrogens is 2. The van der Waals surface area contributed by atoms with E-state index in [2.05, 4.69) is 39.6 Å². The highest BCUT2D eigenvalue weighted by Gasteiger charge is 2.15. The van der Waals surface area contributed by atoms with E-state index in [1.807, 2.05) is 6.07 Å². The van der Waals surface area contributed by atoms with Gasteiger partial charge in [0.25, 0.3) is 0 Å². The molecule has 1 N–H and O–H groups in total. The summed E-state index contributed by atoms with van der Waals surface area (Å²) in [6.45, 7) is 2.24. The highest BCUT2D eigenvalue weighted by Crippen LogP contribution is 2.27. The van der Waals surface area contributed by atoms with E-state index in [1.165, 1.54) is 18.4 Å². The van der Waals surface area contributed by atoms with E-state index in [0.717, 1.165) is 24.5 Å². The molecule has 1 aromatic heterocycles. The van der Waals surface area contributed by atoms with Crippen molar-refractivity contribution in [3.05, 3.63) is 48.3 Å². The Morgan fingerprint density at radius 1 is 1.00 bits per heavy atom. The number of hydrogen-bond acceptors (Lipinski definition) is 3. The van der Waals surface area contributed by atoms with Gasteiger partial charge in [0, 0.05) is 18.0 Å². The van der Waals surface area contributed by atoms with Gasteiger partial charge in [0.2, 0.25) is 0 Å². The van der Waals surface area contributed by atoms with Crippen molar-refractivity contribution < 1.29 is 0 Å². The van der Waals surface area contributed by atoms with Crippen LogP contribution in [0.2, 0.25) is 0 Å². The molecule has 2 aromatic rings. The topological polar surface area (TPSA) is 37.8 Å². The van der Waals surface area contributed by atoms with Gasteiger partial charge in [-0.3, -0.25) is 0 Å². The monoisotopic (exact) mass is 239 g/mol. The highest BCUT2D eigenvalue weighted by atomic mass is 14.9. The Hall–Kier alpha value is -1.74. The average molecular weight is 239 g/mol. The van der Waals surface area contributed by atoms with Crippen molar-refractivity contribution in [3.8, 4) is 11.4 Å². The molecule has 3 heteroatoms. The van der Waals surface area contributed by atoms with Crippen molar-refractivity contribution in [2.45, 2.75) is 18.8 Å². The summed E-state index contributed by atoms with van der Waals surface area (Å²) in [5, 5.41) is 3.41. The third kappa shape index (κ3) is 2.41. The van der Waals surface area contributed by atoms with Crippen molar-refractivity contribution in [3.63, 3.8) is 0 Å². The largest absolute Gasteiger partial charge is 0.317 e. The third-order valence-electron chi connectivity index (χ3n) is 3.52. The second-order valence-corrected chi connectivity index (χ2v) is 4.72. The molecule has 1 saturated heterocycles. The van der Waals surface area contributed by atoms with Crippen LogP contribution in [0, 0.1) is 0 Å². The van der Waals surface area contributed by atoms with Gasteiger partial charge < -0.3 is 5.32 Å². The first kappa shape index (κ1) is 11.4. The minimum absolute atomic E-state index is 0.676. The zero-order valence-corrected chi connectivity index (χ0v) is 10.3. The van der Waals surface area contributed by atoms with Crippen molar-refractivity contribution in [1.29, 1.82) is 0 Å². The van der Waals surface area contributed by atoms with Crippen LogP contribution in [0.3, 0.4) is 0 Å². The first-order chi connectivity index (χ1) is 8.93. The van der Waals surface area contributed by atoms with Gasteiger partial charge in [-0.05, 0) is 49.5 Å². The van der Waals surface area contributed by atoms with Gasteiger partial charge >= 0.3 is 0 Å². The molecule has 0 spiro atoms. The summed E-state index contributed by atoms with van der Waals surface area (Å²) in [4.78, 5) is 8.62. The number of nitrogens with zero attached hydrogens (tertiary/aromatic N) is 2. The van der Waals surface area contributed by atoms with Gasteiger partial charge in [0.1, 0.15) is 0 Å². The highest BCUT2D eigenvalue weighted by molar-refractivity contribution is 5.56. The van der Waals surface area contributed by atoms with E-state index in [0.29, 0.717) is 5.92 Å². The summed E-state index contributed by atoms with van der Waals surface area (Å²) in [5.74, 6) is 1.49. The number of piperidine rings is 1. The fourth-order valence-corrected chi connectivity index (χ4v) is 2.54. The van der Waals surface area contributed by atoms with Crippen molar-refractivity contribution in [1.82, 2.24) is 15.3 Å². The van der Waals surface area contributed by atoms with E-state index >= 15 is 0 Å². The average Bonchev–Trinajstić information content (AvgIpc) is 2.49. The molecule has 0 saturated carbocycles. The lowest BCUT2D eigenvalue weighted by Gasteiger charge is -2.23. The molecule has 3 rings (SSSR count). The first-order valence-electron chi connectivity index (χ1n) is 6.51. The number of nitrogens with one attached hydrogen (secondary N) is 1. The van der Waals surface area contributed by atoms with Gasteiger partial charge in [-0.1, -0.05) is 18.2 Å². The molecular weight excluding hydrogens is 222 g/mol. The molecule has 18 heavy (non-hydrogen) atoms. The standard InChI is InChI=1S/C15H17N3/c1-3-13(12-5-9-16-10-6-12)11-14(4-1)15-17-7-2-8-18-15/h1-4,7-8,11-12,16H,5-6,9-10H2. The number of hydrogen-bond donors (Lipinski definition) is 1. The zero-order chi connectivity index (χ0) is 12.2. The SMILES string of the molecule is c1cnc(-c2cccc(C3CCNCC3)c2)nc1. The summed E-state index contributed by atoms with van der Waals surface area (Å²) in [7, 11) is 0. The predicted octanol–water partition coefficient (Wildman–Crippen LogP) is 2.61. The molecule has 1 fully saturated rings. The second-order valence-electron chi connectivity index (χ2n) is 4.72. The van der Waals surface area contributed by atoms with Gasteiger partial charge in [-0.2, -0.15) is 0 Å². The molecule has 3 nitrogen and oxygen atoms in total. The normalized spacial score (nSPS) is 16.7. The maximum absolute atomic E-state index is 4.31. The van der Waals surface area contributed by atoms with Crippen molar-refractivity contribution >= 4 is 0 Å². The summed E-state index contributed by atoms with van der Waals surface area (Å²) < 4.78 is 0. The minimum atomic E-state index is 0.676. The third-order valence-corrected chi connectivity index (χ3v) is 3.52. The molecule has 1 aliphatic heterocycles.